The molecule has 0 radical (unpaired) electrons. The van der Waals surface area contributed by atoms with Crippen molar-refractivity contribution in [3.8, 4) is 10.8 Å². The number of hydrogen-bond acceptors (Lipinski definition) is 6. The van der Waals surface area contributed by atoms with Crippen LogP contribution in [0.4, 0.5) is 10.1 Å². The number of nitrogens with zero attached hydrogens (tertiary/aromatic N) is 3. The van der Waals surface area contributed by atoms with Crippen molar-refractivity contribution in [1.29, 1.82) is 0 Å². The van der Waals surface area contributed by atoms with Gasteiger partial charge in [0.2, 0.25) is 0 Å². The fourth-order valence-corrected chi connectivity index (χ4v) is 2.57. The summed E-state index contributed by atoms with van der Waals surface area (Å²) in [6.45, 7) is -0.378. The summed E-state index contributed by atoms with van der Waals surface area (Å²) < 4.78 is 19.7. The van der Waals surface area contributed by atoms with Crippen LogP contribution in [0.1, 0.15) is 5.56 Å². The van der Waals surface area contributed by atoms with E-state index >= 15 is 0 Å². The van der Waals surface area contributed by atoms with Gasteiger partial charge in [0.05, 0.1) is 21.9 Å². The van der Waals surface area contributed by atoms with Crippen molar-refractivity contribution in [2.24, 2.45) is 0 Å². The number of benzene rings is 1. The summed E-state index contributed by atoms with van der Waals surface area (Å²) in [5.74, 6) is -1.48. The maximum Gasteiger partial charge on any atom is 0.437 e. The molecular weight excluding hydrogens is 313 g/mol. The molecule has 0 atom stereocenters. The lowest BCUT2D eigenvalue weighted by Crippen LogP contribution is -2.18. The largest absolute Gasteiger partial charge is 0.437 e. The fourth-order valence-electron chi connectivity index (χ4n) is 1.93. The zero-order valence-electron chi connectivity index (χ0n) is 10.9. The van der Waals surface area contributed by atoms with E-state index in [1.54, 1.807) is 17.5 Å². The first-order chi connectivity index (χ1) is 10.6. The number of rotatable bonds is 4. The van der Waals surface area contributed by atoms with Crippen molar-refractivity contribution in [2.75, 3.05) is 0 Å². The van der Waals surface area contributed by atoms with Gasteiger partial charge in [-0.2, -0.15) is 4.68 Å². The molecule has 1 aromatic carbocycles. The Morgan fingerprint density at radius 2 is 2.18 bits per heavy atom. The molecule has 0 aliphatic carbocycles. The number of nitro benzene ring substituents is 1. The molecule has 3 aromatic rings. The summed E-state index contributed by atoms with van der Waals surface area (Å²) in [6, 6.07) is 6.98. The van der Waals surface area contributed by atoms with Gasteiger partial charge in [-0.3, -0.25) is 10.1 Å². The normalized spacial score (nSPS) is 10.8. The van der Waals surface area contributed by atoms with Crippen molar-refractivity contribution in [2.45, 2.75) is 6.54 Å². The Bertz CT molecular complexity index is 885. The Balaban J connectivity index is 2.01. The van der Waals surface area contributed by atoms with Crippen LogP contribution in [0.15, 0.2) is 44.9 Å². The molecule has 9 heteroatoms. The first-order valence-corrected chi connectivity index (χ1v) is 6.98. The lowest BCUT2D eigenvalue weighted by Gasteiger charge is -2.02. The van der Waals surface area contributed by atoms with Crippen LogP contribution in [0.3, 0.4) is 0 Å². The highest BCUT2D eigenvalue weighted by molar-refractivity contribution is 7.13. The van der Waals surface area contributed by atoms with Crippen molar-refractivity contribution in [3.63, 3.8) is 0 Å². The van der Waals surface area contributed by atoms with Gasteiger partial charge in [-0.05, 0) is 17.5 Å². The van der Waals surface area contributed by atoms with Gasteiger partial charge in [0, 0.05) is 6.07 Å². The second kappa shape index (κ2) is 5.53. The highest BCUT2D eigenvalue weighted by Crippen LogP contribution is 2.24. The van der Waals surface area contributed by atoms with Crippen LogP contribution in [0.25, 0.3) is 10.8 Å². The van der Waals surface area contributed by atoms with Crippen LogP contribution in [0.5, 0.6) is 0 Å². The van der Waals surface area contributed by atoms with Gasteiger partial charge < -0.3 is 4.42 Å². The third-order valence-electron chi connectivity index (χ3n) is 2.94. The van der Waals surface area contributed by atoms with E-state index in [9.17, 15) is 19.3 Å². The first-order valence-electron chi connectivity index (χ1n) is 6.10. The minimum atomic E-state index is -0.805. The van der Waals surface area contributed by atoms with Crippen molar-refractivity contribution >= 4 is 17.0 Å². The first kappa shape index (κ1) is 14.1. The van der Waals surface area contributed by atoms with Crippen LogP contribution in [-0.2, 0) is 6.54 Å². The number of thiophene rings is 1. The number of aromatic nitrogens is 2. The Morgan fingerprint density at radius 1 is 1.36 bits per heavy atom. The molecule has 0 saturated carbocycles. The smallest absolute Gasteiger partial charge is 0.387 e. The van der Waals surface area contributed by atoms with Gasteiger partial charge in [-0.15, -0.1) is 16.4 Å². The zero-order valence-corrected chi connectivity index (χ0v) is 11.7. The Morgan fingerprint density at radius 3 is 2.86 bits per heavy atom. The van der Waals surface area contributed by atoms with E-state index < -0.39 is 22.2 Å². The standard InChI is InChI=1S/C13H8FN3O4S/c14-9-3-1-4-10(17(19)20)8(9)7-16-13(18)21-12(15-16)11-5-2-6-22-11/h1-6H,7H2. The predicted molar refractivity (Wildman–Crippen MR) is 76.2 cm³/mol. The molecule has 0 amide bonds. The van der Waals surface area contributed by atoms with E-state index in [2.05, 4.69) is 5.10 Å². The molecule has 0 saturated heterocycles. The topological polar surface area (TPSA) is 91.2 Å². The monoisotopic (exact) mass is 321 g/mol. The third-order valence-corrected chi connectivity index (χ3v) is 3.79. The van der Waals surface area contributed by atoms with Crippen LogP contribution in [-0.4, -0.2) is 14.7 Å². The molecule has 2 aromatic heterocycles. The summed E-state index contributed by atoms with van der Waals surface area (Å²) in [7, 11) is 0. The van der Waals surface area contributed by atoms with Crippen LogP contribution < -0.4 is 5.76 Å². The molecular formula is C13H8FN3O4S. The van der Waals surface area contributed by atoms with Gasteiger partial charge in [0.1, 0.15) is 5.82 Å². The minimum Gasteiger partial charge on any atom is -0.387 e. The van der Waals surface area contributed by atoms with E-state index in [-0.39, 0.29) is 18.0 Å². The second-order valence-electron chi connectivity index (χ2n) is 4.30. The highest BCUT2D eigenvalue weighted by atomic mass is 32.1. The van der Waals surface area contributed by atoms with Crippen LogP contribution >= 0.6 is 11.3 Å². The molecule has 0 bridgehead atoms. The third kappa shape index (κ3) is 2.53. The summed E-state index contributed by atoms with van der Waals surface area (Å²) >= 11 is 1.32. The van der Waals surface area contributed by atoms with E-state index in [0.717, 1.165) is 10.7 Å². The lowest BCUT2D eigenvalue weighted by atomic mass is 10.1. The van der Waals surface area contributed by atoms with Crippen LogP contribution in [0.2, 0.25) is 0 Å². The van der Waals surface area contributed by atoms with Gasteiger partial charge in [-0.1, -0.05) is 12.1 Å². The Kier molecular flexibility index (Phi) is 3.55. The average Bonchev–Trinajstić information content (AvgIpc) is 3.11. The number of halogens is 1. The zero-order chi connectivity index (χ0) is 15.7. The van der Waals surface area contributed by atoms with Crippen molar-refractivity contribution in [1.82, 2.24) is 9.78 Å². The van der Waals surface area contributed by atoms with Gasteiger partial charge in [-0.25, -0.2) is 9.18 Å². The second-order valence-corrected chi connectivity index (χ2v) is 5.25. The molecule has 2 heterocycles. The fraction of sp³-hybridized carbons (Fsp3) is 0.0769. The molecule has 3 rings (SSSR count). The number of nitro groups is 1. The molecule has 7 nitrogen and oxygen atoms in total. The molecule has 112 valence electrons. The predicted octanol–water partition coefficient (Wildman–Crippen LogP) is 2.66. The summed E-state index contributed by atoms with van der Waals surface area (Å²) in [4.78, 5) is 22.7. The Labute approximate surface area is 126 Å². The molecule has 0 spiro atoms. The average molecular weight is 321 g/mol. The van der Waals surface area contributed by atoms with Gasteiger partial charge >= 0.3 is 5.76 Å². The Hall–Kier alpha value is -2.81. The summed E-state index contributed by atoms with van der Waals surface area (Å²) in [6.07, 6.45) is 0. The van der Waals surface area contributed by atoms with E-state index in [1.807, 2.05) is 0 Å². The minimum absolute atomic E-state index is 0.0963. The quantitative estimate of drug-likeness (QED) is 0.544. The molecule has 0 unspecified atom stereocenters. The van der Waals surface area contributed by atoms with Crippen molar-refractivity contribution < 1.29 is 13.7 Å². The van der Waals surface area contributed by atoms with E-state index in [4.69, 9.17) is 4.42 Å². The van der Waals surface area contributed by atoms with Gasteiger partial charge in [0.25, 0.3) is 11.6 Å². The van der Waals surface area contributed by atoms with Crippen LogP contribution in [0, 0.1) is 15.9 Å². The maximum absolute atomic E-state index is 13.8. The summed E-state index contributed by atoms with van der Waals surface area (Å²) in [5.41, 5.74) is -0.631. The van der Waals surface area contributed by atoms with Crippen molar-refractivity contribution in [3.05, 3.63) is 67.8 Å². The molecule has 0 fully saturated rings. The molecule has 0 aliphatic heterocycles. The summed E-state index contributed by atoms with van der Waals surface area (Å²) in [5, 5.41) is 16.7. The van der Waals surface area contributed by atoms with Gasteiger partial charge in [0.15, 0.2) is 0 Å². The van der Waals surface area contributed by atoms with E-state index in [1.165, 1.54) is 23.5 Å². The number of hydrogen-bond donors (Lipinski definition) is 0. The molecule has 0 N–H and O–H groups in total. The molecule has 0 aliphatic rings. The lowest BCUT2D eigenvalue weighted by molar-refractivity contribution is -0.385. The van der Waals surface area contributed by atoms with E-state index in [0.29, 0.717) is 4.88 Å². The highest BCUT2D eigenvalue weighted by Gasteiger charge is 2.20. The molecule has 22 heavy (non-hydrogen) atoms. The SMILES string of the molecule is O=c1oc(-c2cccs2)nn1Cc1c(F)cccc1[N+](=O)[O-]. The maximum atomic E-state index is 13.8.